The van der Waals surface area contributed by atoms with Crippen molar-refractivity contribution in [1.29, 1.82) is 0 Å². The van der Waals surface area contributed by atoms with Gasteiger partial charge >= 0.3 is 0 Å². The predicted octanol–water partition coefficient (Wildman–Crippen LogP) is 5.74. The Kier molecular flexibility index (Phi) is 6.97. The van der Waals surface area contributed by atoms with Gasteiger partial charge in [0.05, 0.1) is 21.6 Å². The highest BCUT2D eigenvalue weighted by molar-refractivity contribution is 8.03. The smallest absolute Gasteiger partial charge is 0.126 e. The molecular weight excluding hydrogens is 384 g/mol. The zero-order valence-electron chi connectivity index (χ0n) is 16.5. The average molecular weight is 411 g/mol. The highest BCUT2D eigenvalue weighted by Crippen LogP contribution is 2.34. The zero-order chi connectivity index (χ0) is 20.1. The van der Waals surface area contributed by atoms with Gasteiger partial charge in [0.25, 0.3) is 0 Å². The zero-order valence-corrected chi connectivity index (χ0v) is 18.1. The lowest BCUT2D eigenvalue weighted by Crippen LogP contribution is -2.29. The number of hydrogen-bond acceptors (Lipinski definition) is 2. The monoisotopic (exact) mass is 410 g/mol. The van der Waals surface area contributed by atoms with Crippen molar-refractivity contribution >= 4 is 21.6 Å². The second-order valence-corrected chi connectivity index (χ2v) is 10.5. The minimum absolute atomic E-state index is 0.0644. The summed E-state index contributed by atoms with van der Waals surface area (Å²) in [5.41, 5.74) is 3.31. The van der Waals surface area contributed by atoms with Crippen LogP contribution in [0.5, 0.6) is 0 Å². The quantitative estimate of drug-likeness (QED) is 0.498. The van der Waals surface area contributed by atoms with E-state index in [0.29, 0.717) is 0 Å². The SMILES string of the molecule is CC[C@@H](c1ccccc1)C([S@@](=O)c1ccc(C)cc1)[S@@](=O)c1ccc(C)cc1. The molecule has 0 spiro atoms. The van der Waals surface area contributed by atoms with Crippen LogP contribution in [0.4, 0.5) is 0 Å². The molecule has 3 rings (SSSR count). The highest BCUT2D eigenvalue weighted by atomic mass is 32.2. The van der Waals surface area contributed by atoms with Crippen molar-refractivity contribution < 1.29 is 8.42 Å². The van der Waals surface area contributed by atoms with E-state index >= 15 is 0 Å². The number of rotatable bonds is 7. The average Bonchev–Trinajstić information content (AvgIpc) is 2.72. The van der Waals surface area contributed by atoms with Gasteiger partial charge in [-0.05, 0) is 50.1 Å². The lowest BCUT2D eigenvalue weighted by molar-refractivity contribution is 0.637. The molecule has 0 N–H and O–H groups in total. The molecule has 3 aromatic rings. The van der Waals surface area contributed by atoms with Gasteiger partial charge in [-0.15, -0.1) is 0 Å². The maximum Gasteiger partial charge on any atom is 0.126 e. The van der Waals surface area contributed by atoms with Crippen LogP contribution in [0.1, 0.15) is 36.0 Å². The molecule has 3 atom stereocenters. The maximum absolute atomic E-state index is 13.6. The van der Waals surface area contributed by atoms with Crippen molar-refractivity contribution in [3.63, 3.8) is 0 Å². The van der Waals surface area contributed by atoms with E-state index in [-0.39, 0.29) is 5.92 Å². The molecule has 0 aliphatic heterocycles. The van der Waals surface area contributed by atoms with Gasteiger partial charge < -0.3 is 0 Å². The van der Waals surface area contributed by atoms with E-state index in [0.717, 1.165) is 32.9 Å². The molecule has 0 bridgehead atoms. The summed E-state index contributed by atoms with van der Waals surface area (Å²) >= 11 is 0. The fraction of sp³-hybridized carbons (Fsp3) is 0.250. The van der Waals surface area contributed by atoms with Gasteiger partial charge in [0.15, 0.2) is 0 Å². The van der Waals surface area contributed by atoms with Crippen molar-refractivity contribution in [2.24, 2.45) is 0 Å². The Morgan fingerprint density at radius 2 is 1.11 bits per heavy atom. The summed E-state index contributed by atoms with van der Waals surface area (Å²) < 4.78 is 26.7. The Morgan fingerprint density at radius 1 is 0.679 bits per heavy atom. The van der Waals surface area contributed by atoms with Crippen LogP contribution in [-0.2, 0) is 21.6 Å². The van der Waals surface area contributed by atoms with E-state index < -0.39 is 26.2 Å². The summed E-state index contributed by atoms with van der Waals surface area (Å²) in [7, 11) is -2.79. The normalized spacial score (nSPS) is 14.6. The molecule has 28 heavy (non-hydrogen) atoms. The summed E-state index contributed by atoms with van der Waals surface area (Å²) in [6.45, 7) is 6.09. The topological polar surface area (TPSA) is 34.1 Å². The number of hydrogen-bond donors (Lipinski definition) is 0. The predicted molar refractivity (Wildman–Crippen MR) is 118 cm³/mol. The summed E-state index contributed by atoms with van der Waals surface area (Å²) in [4.78, 5) is 1.45. The van der Waals surface area contributed by atoms with Gasteiger partial charge in [-0.1, -0.05) is 72.6 Å². The summed E-state index contributed by atoms with van der Waals surface area (Å²) in [5, 5.41) is 0. The van der Waals surface area contributed by atoms with Crippen molar-refractivity contribution in [3.05, 3.63) is 95.6 Å². The van der Waals surface area contributed by atoms with Crippen LogP contribution in [0.25, 0.3) is 0 Å². The molecule has 0 aromatic heterocycles. The molecule has 0 radical (unpaired) electrons. The standard InChI is InChI=1S/C24H26O2S2/c1-4-23(20-8-6-5-7-9-20)24(27(25)21-14-10-18(2)11-15-21)28(26)22-16-12-19(3)13-17-22/h5-17,23-24H,4H2,1-3H3/t23-,27-,28-/m0/s1. The first-order valence-corrected chi connectivity index (χ1v) is 11.9. The molecule has 0 fully saturated rings. The Morgan fingerprint density at radius 3 is 1.50 bits per heavy atom. The van der Waals surface area contributed by atoms with Crippen LogP contribution >= 0.6 is 0 Å². The molecule has 0 saturated carbocycles. The maximum atomic E-state index is 13.6. The minimum atomic E-state index is -1.40. The van der Waals surface area contributed by atoms with E-state index in [4.69, 9.17) is 0 Å². The molecule has 146 valence electrons. The molecule has 0 saturated heterocycles. The first-order chi connectivity index (χ1) is 13.5. The van der Waals surface area contributed by atoms with Crippen LogP contribution in [0.15, 0.2) is 88.7 Å². The number of benzene rings is 3. The largest absolute Gasteiger partial charge is 0.253 e. The third kappa shape index (κ3) is 4.68. The third-order valence-corrected chi connectivity index (χ3v) is 8.95. The molecule has 0 unspecified atom stereocenters. The van der Waals surface area contributed by atoms with Crippen molar-refractivity contribution in [3.8, 4) is 0 Å². The molecule has 0 aliphatic carbocycles. The second-order valence-electron chi connectivity index (χ2n) is 7.01. The van der Waals surface area contributed by atoms with Crippen molar-refractivity contribution in [2.75, 3.05) is 0 Å². The van der Waals surface area contributed by atoms with E-state index in [1.807, 2.05) is 92.7 Å². The fourth-order valence-electron chi connectivity index (χ4n) is 3.28. The van der Waals surface area contributed by atoms with Crippen LogP contribution in [-0.4, -0.2) is 13.0 Å². The molecule has 2 nitrogen and oxygen atoms in total. The summed E-state index contributed by atoms with van der Waals surface area (Å²) in [6, 6.07) is 25.4. The Balaban J connectivity index is 2.06. The fourth-order valence-corrected chi connectivity index (χ4v) is 7.22. The van der Waals surface area contributed by atoms with Crippen LogP contribution in [0.2, 0.25) is 0 Å². The first kappa shape index (κ1) is 20.7. The molecule has 3 aromatic carbocycles. The first-order valence-electron chi connectivity index (χ1n) is 9.50. The molecular formula is C24H26O2S2. The molecule has 0 aliphatic rings. The van der Waals surface area contributed by atoms with Gasteiger partial charge in [-0.2, -0.15) is 0 Å². The lowest BCUT2D eigenvalue weighted by Gasteiger charge is -2.26. The van der Waals surface area contributed by atoms with Crippen molar-refractivity contribution in [1.82, 2.24) is 0 Å². The third-order valence-electron chi connectivity index (χ3n) is 4.92. The lowest BCUT2D eigenvalue weighted by atomic mass is 9.98. The Labute approximate surface area is 172 Å². The van der Waals surface area contributed by atoms with Crippen LogP contribution in [0, 0.1) is 13.8 Å². The summed E-state index contributed by atoms with van der Waals surface area (Å²) in [6.07, 6.45) is 0.768. The molecule has 0 amide bonds. The Hall–Kier alpha value is -2.04. The van der Waals surface area contributed by atoms with E-state index in [2.05, 4.69) is 6.92 Å². The van der Waals surface area contributed by atoms with E-state index in [1.165, 1.54) is 0 Å². The molecule has 4 heteroatoms. The van der Waals surface area contributed by atoms with Gasteiger partial charge in [0, 0.05) is 15.7 Å². The van der Waals surface area contributed by atoms with E-state index in [1.54, 1.807) is 0 Å². The Bertz CT molecular complexity index is 891. The van der Waals surface area contributed by atoms with Crippen LogP contribution in [0.3, 0.4) is 0 Å². The molecule has 0 heterocycles. The van der Waals surface area contributed by atoms with E-state index in [9.17, 15) is 8.42 Å². The number of aryl methyl sites for hydroxylation is 2. The van der Waals surface area contributed by atoms with Gasteiger partial charge in [0.2, 0.25) is 0 Å². The summed E-state index contributed by atoms with van der Waals surface area (Å²) in [5.74, 6) is -0.0644. The van der Waals surface area contributed by atoms with Crippen LogP contribution < -0.4 is 0 Å². The highest BCUT2D eigenvalue weighted by Gasteiger charge is 2.34. The van der Waals surface area contributed by atoms with Crippen molar-refractivity contribution in [2.45, 2.75) is 47.5 Å². The second kappa shape index (κ2) is 9.44. The van der Waals surface area contributed by atoms with Gasteiger partial charge in [-0.25, -0.2) is 0 Å². The minimum Gasteiger partial charge on any atom is -0.253 e. The van der Waals surface area contributed by atoms with Gasteiger partial charge in [0.1, 0.15) is 4.58 Å². The van der Waals surface area contributed by atoms with Gasteiger partial charge in [-0.3, -0.25) is 8.42 Å².